The lowest BCUT2D eigenvalue weighted by molar-refractivity contribution is 0.392. The maximum atomic E-state index is 14.4. The van der Waals surface area contributed by atoms with Crippen LogP contribution in [0.4, 0.5) is 15.9 Å². The zero-order chi connectivity index (χ0) is 17.2. The third-order valence-corrected chi connectivity index (χ3v) is 4.04. The number of aromatic nitrogens is 4. The van der Waals surface area contributed by atoms with Crippen molar-refractivity contribution in [2.75, 3.05) is 12.4 Å². The summed E-state index contributed by atoms with van der Waals surface area (Å²) in [4.78, 5) is 8.72. The van der Waals surface area contributed by atoms with Crippen LogP contribution in [-0.2, 0) is 5.41 Å². The van der Waals surface area contributed by atoms with Gasteiger partial charge >= 0.3 is 0 Å². The van der Waals surface area contributed by atoms with Gasteiger partial charge in [-0.2, -0.15) is 10.2 Å². The van der Waals surface area contributed by atoms with E-state index in [1.807, 2.05) is 0 Å². The van der Waals surface area contributed by atoms with Crippen molar-refractivity contribution in [3.63, 3.8) is 0 Å². The zero-order valence-electron chi connectivity index (χ0n) is 13.1. The predicted molar refractivity (Wildman–Crippen MR) is 89.0 cm³/mol. The zero-order valence-corrected chi connectivity index (χ0v) is 13.9. The van der Waals surface area contributed by atoms with E-state index < -0.39 is 5.41 Å². The Balaban J connectivity index is 2.00. The van der Waals surface area contributed by atoms with Crippen LogP contribution < -0.4 is 10.1 Å². The normalized spacial score (nSPS) is 20.2. The Morgan fingerprint density at radius 2 is 2.12 bits per heavy atom. The van der Waals surface area contributed by atoms with Crippen molar-refractivity contribution in [3.8, 4) is 5.75 Å². The molecule has 6 nitrogen and oxygen atoms in total. The van der Waals surface area contributed by atoms with E-state index in [-0.39, 0.29) is 5.83 Å². The largest absolute Gasteiger partial charge is 0.491 e. The molecule has 0 saturated carbocycles. The molecule has 2 heterocycles. The molecule has 2 aromatic rings. The van der Waals surface area contributed by atoms with Crippen LogP contribution >= 0.6 is 11.6 Å². The standard InChI is InChI=1S/C16H15ClFN5O/c1-16(7-10(17)3-4-13(16)18)15-19-9-12(24-2)14(23-15)22-11-5-6-20-21-8-11/h3-6,8-9H,7H2,1-2H3,(H,19,20,22,23). The molecule has 1 aliphatic carbocycles. The van der Waals surface area contributed by atoms with Gasteiger partial charge in [-0.25, -0.2) is 14.4 Å². The second-order valence-electron chi connectivity index (χ2n) is 5.50. The number of methoxy groups -OCH3 is 1. The molecule has 1 unspecified atom stereocenters. The lowest BCUT2D eigenvalue weighted by Gasteiger charge is -2.28. The molecule has 24 heavy (non-hydrogen) atoms. The van der Waals surface area contributed by atoms with Crippen molar-refractivity contribution in [2.24, 2.45) is 0 Å². The summed E-state index contributed by atoms with van der Waals surface area (Å²) in [7, 11) is 1.51. The number of anilines is 2. The molecular weight excluding hydrogens is 333 g/mol. The van der Waals surface area contributed by atoms with E-state index in [0.29, 0.717) is 34.5 Å². The average Bonchev–Trinajstić information content (AvgIpc) is 2.59. The minimum absolute atomic E-state index is 0.291. The van der Waals surface area contributed by atoms with Crippen LogP contribution in [0.15, 0.2) is 47.7 Å². The Morgan fingerprint density at radius 3 is 2.83 bits per heavy atom. The first-order chi connectivity index (χ1) is 11.5. The van der Waals surface area contributed by atoms with Gasteiger partial charge in [-0.15, -0.1) is 0 Å². The minimum Gasteiger partial charge on any atom is -0.491 e. The number of halogens is 2. The topological polar surface area (TPSA) is 72.8 Å². The number of ether oxygens (including phenoxy) is 1. The molecule has 8 heteroatoms. The van der Waals surface area contributed by atoms with E-state index in [4.69, 9.17) is 16.3 Å². The fraction of sp³-hybridized carbons (Fsp3) is 0.250. The van der Waals surface area contributed by atoms with Gasteiger partial charge in [0.25, 0.3) is 0 Å². The number of nitrogens with zero attached hydrogens (tertiary/aromatic N) is 4. The van der Waals surface area contributed by atoms with Crippen molar-refractivity contribution in [1.29, 1.82) is 0 Å². The molecule has 0 aromatic carbocycles. The van der Waals surface area contributed by atoms with Crippen molar-refractivity contribution in [1.82, 2.24) is 20.2 Å². The Bertz CT molecular complexity index is 811. The lowest BCUT2D eigenvalue weighted by atomic mass is 9.81. The van der Waals surface area contributed by atoms with Gasteiger partial charge in [0.05, 0.1) is 36.8 Å². The van der Waals surface area contributed by atoms with E-state index in [0.717, 1.165) is 0 Å². The monoisotopic (exact) mass is 347 g/mol. The predicted octanol–water partition coefficient (Wildman–Crippen LogP) is 3.66. The third-order valence-electron chi connectivity index (χ3n) is 3.78. The molecule has 0 saturated heterocycles. The number of nitrogens with one attached hydrogen (secondary N) is 1. The number of rotatable bonds is 4. The van der Waals surface area contributed by atoms with Crippen LogP contribution in [0.25, 0.3) is 0 Å². The highest BCUT2D eigenvalue weighted by Gasteiger charge is 2.38. The first kappa shape index (κ1) is 16.3. The van der Waals surface area contributed by atoms with Crippen LogP contribution in [0.2, 0.25) is 0 Å². The number of hydrogen-bond acceptors (Lipinski definition) is 6. The second-order valence-corrected chi connectivity index (χ2v) is 5.99. The highest BCUT2D eigenvalue weighted by Crippen LogP contribution is 2.41. The highest BCUT2D eigenvalue weighted by atomic mass is 35.5. The molecule has 3 rings (SSSR count). The molecule has 1 aliphatic rings. The lowest BCUT2D eigenvalue weighted by Crippen LogP contribution is -2.28. The van der Waals surface area contributed by atoms with Crippen LogP contribution in [0.5, 0.6) is 5.75 Å². The molecule has 0 aliphatic heterocycles. The van der Waals surface area contributed by atoms with Gasteiger partial charge in [0.1, 0.15) is 11.7 Å². The third kappa shape index (κ3) is 3.07. The first-order valence-corrected chi connectivity index (χ1v) is 7.58. The maximum Gasteiger partial charge on any atom is 0.179 e. The van der Waals surface area contributed by atoms with Crippen LogP contribution in [0.3, 0.4) is 0 Å². The Hall–Kier alpha value is -2.54. The Labute approximate surface area is 143 Å². The van der Waals surface area contributed by atoms with Gasteiger partial charge < -0.3 is 10.1 Å². The van der Waals surface area contributed by atoms with E-state index in [9.17, 15) is 4.39 Å². The van der Waals surface area contributed by atoms with E-state index >= 15 is 0 Å². The summed E-state index contributed by atoms with van der Waals surface area (Å²) in [5, 5.41) is 11.1. The summed E-state index contributed by atoms with van der Waals surface area (Å²) in [5.74, 6) is 0.817. The molecule has 0 fully saturated rings. The summed E-state index contributed by atoms with van der Waals surface area (Å²) in [6.07, 6.45) is 7.78. The van der Waals surface area contributed by atoms with E-state index in [1.54, 1.807) is 31.5 Å². The van der Waals surface area contributed by atoms with Gasteiger partial charge in [0, 0.05) is 11.5 Å². The summed E-state index contributed by atoms with van der Waals surface area (Å²) in [6.45, 7) is 1.72. The smallest absolute Gasteiger partial charge is 0.179 e. The van der Waals surface area contributed by atoms with Crippen molar-refractivity contribution in [2.45, 2.75) is 18.8 Å². The van der Waals surface area contributed by atoms with Gasteiger partial charge in [0.2, 0.25) is 0 Å². The molecule has 0 spiro atoms. The molecule has 2 aromatic heterocycles. The van der Waals surface area contributed by atoms with Crippen molar-refractivity contribution >= 4 is 23.1 Å². The summed E-state index contributed by atoms with van der Waals surface area (Å²) in [5.41, 5.74) is -0.346. The summed E-state index contributed by atoms with van der Waals surface area (Å²) >= 11 is 6.08. The highest BCUT2D eigenvalue weighted by molar-refractivity contribution is 6.29. The Morgan fingerprint density at radius 1 is 1.29 bits per heavy atom. The number of allylic oxidation sites excluding steroid dienone is 4. The molecule has 1 N–H and O–H groups in total. The molecular formula is C16H15ClFN5O. The molecule has 124 valence electrons. The number of hydrogen-bond donors (Lipinski definition) is 1. The molecule has 0 radical (unpaired) electrons. The average molecular weight is 348 g/mol. The van der Waals surface area contributed by atoms with Crippen LogP contribution in [0.1, 0.15) is 19.2 Å². The Kier molecular flexibility index (Phi) is 4.44. The SMILES string of the molecule is COc1cnc(C2(C)CC(Cl)=CC=C2F)nc1Nc1ccnnc1. The first-order valence-electron chi connectivity index (χ1n) is 7.20. The van der Waals surface area contributed by atoms with Crippen molar-refractivity contribution in [3.05, 3.63) is 53.5 Å². The fourth-order valence-corrected chi connectivity index (χ4v) is 2.72. The van der Waals surface area contributed by atoms with E-state index in [2.05, 4.69) is 25.5 Å². The van der Waals surface area contributed by atoms with E-state index in [1.165, 1.54) is 19.4 Å². The van der Waals surface area contributed by atoms with Gasteiger partial charge in [-0.3, -0.25) is 0 Å². The van der Waals surface area contributed by atoms with Gasteiger partial charge in [-0.1, -0.05) is 11.6 Å². The summed E-state index contributed by atoms with van der Waals surface area (Å²) in [6, 6.07) is 1.73. The summed E-state index contributed by atoms with van der Waals surface area (Å²) < 4.78 is 19.7. The molecule has 1 atom stereocenters. The maximum absolute atomic E-state index is 14.4. The van der Waals surface area contributed by atoms with Crippen LogP contribution in [-0.4, -0.2) is 27.3 Å². The van der Waals surface area contributed by atoms with Gasteiger partial charge in [-0.05, 0) is 25.1 Å². The van der Waals surface area contributed by atoms with Gasteiger partial charge in [0.15, 0.2) is 11.6 Å². The fourth-order valence-electron chi connectivity index (χ4n) is 2.39. The minimum atomic E-state index is -1.02. The molecule has 0 amide bonds. The molecule has 0 bridgehead atoms. The quantitative estimate of drug-likeness (QED) is 0.910. The van der Waals surface area contributed by atoms with Crippen LogP contribution in [0, 0.1) is 0 Å². The second kappa shape index (κ2) is 6.52. The van der Waals surface area contributed by atoms with Crippen molar-refractivity contribution < 1.29 is 9.13 Å².